The van der Waals surface area contributed by atoms with Crippen LogP contribution in [0.3, 0.4) is 0 Å². The molecule has 1 N–H and O–H groups in total. The molecule has 0 radical (unpaired) electrons. The molecule has 0 amide bonds. The van der Waals surface area contributed by atoms with Gasteiger partial charge in [0.15, 0.2) is 5.82 Å². The highest BCUT2D eigenvalue weighted by atomic mass is 32.2. The third kappa shape index (κ3) is 4.23. The van der Waals surface area contributed by atoms with Crippen molar-refractivity contribution in [2.45, 2.75) is 4.90 Å². The molecule has 1 heterocycles. The third-order valence-electron chi connectivity index (χ3n) is 4.10. The second kappa shape index (κ2) is 7.85. The van der Waals surface area contributed by atoms with E-state index in [1.54, 1.807) is 48.2 Å². The van der Waals surface area contributed by atoms with Crippen LogP contribution in [-0.2, 0) is 10.0 Å². The highest BCUT2D eigenvalue weighted by molar-refractivity contribution is 7.92. The summed E-state index contributed by atoms with van der Waals surface area (Å²) < 4.78 is 28.3. The molecule has 2 aromatic carbocycles. The van der Waals surface area contributed by atoms with E-state index in [1.807, 2.05) is 44.4 Å². The van der Waals surface area contributed by atoms with E-state index in [0.29, 0.717) is 17.5 Å². The Morgan fingerprint density at radius 2 is 1.43 bits per heavy atom. The van der Waals surface area contributed by atoms with Gasteiger partial charge in [-0.25, -0.2) is 13.4 Å². The van der Waals surface area contributed by atoms with Crippen LogP contribution >= 0.6 is 0 Å². The monoisotopic (exact) mass is 397 g/mol. The molecule has 0 fully saturated rings. The summed E-state index contributed by atoms with van der Waals surface area (Å²) in [5, 5.41) is 0. The normalized spacial score (nSPS) is 11.1. The van der Waals surface area contributed by atoms with Crippen LogP contribution in [0.1, 0.15) is 0 Å². The Bertz CT molecular complexity index is 1050. The molecule has 0 spiro atoms. The van der Waals surface area contributed by atoms with Crippen molar-refractivity contribution in [3.8, 4) is 11.1 Å². The lowest BCUT2D eigenvalue weighted by molar-refractivity contribution is 0.601. The first-order valence-electron chi connectivity index (χ1n) is 8.68. The molecule has 8 heteroatoms. The standard InChI is InChI=1S/C20H23N5O2S/c1-24(2)19-18(14-21-20(22-19)25(3)4)23-28(26,27)17-12-10-16(11-13-17)15-8-6-5-7-9-15/h5-14,23H,1-4H3. The summed E-state index contributed by atoms with van der Waals surface area (Å²) in [6.07, 6.45) is 1.48. The van der Waals surface area contributed by atoms with E-state index in [4.69, 9.17) is 0 Å². The van der Waals surface area contributed by atoms with E-state index in [-0.39, 0.29) is 4.90 Å². The molecule has 0 aliphatic carbocycles. The van der Waals surface area contributed by atoms with Crippen molar-refractivity contribution in [1.82, 2.24) is 9.97 Å². The van der Waals surface area contributed by atoms with Crippen molar-refractivity contribution in [1.29, 1.82) is 0 Å². The van der Waals surface area contributed by atoms with Crippen LogP contribution in [0.15, 0.2) is 65.7 Å². The maximum Gasteiger partial charge on any atom is 0.262 e. The molecule has 28 heavy (non-hydrogen) atoms. The molecule has 0 aliphatic heterocycles. The average Bonchev–Trinajstić information content (AvgIpc) is 2.68. The van der Waals surface area contributed by atoms with E-state index in [0.717, 1.165) is 11.1 Å². The Balaban J connectivity index is 1.90. The molecular formula is C20H23N5O2S. The van der Waals surface area contributed by atoms with Gasteiger partial charge in [-0.05, 0) is 23.3 Å². The summed E-state index contributed by atoms with van der Waals surface area (Å²) in [5.41, 5.74) is 2.30. The smallest absolute Gasteiger partial charge is 0.262 e. The number of aromatic nitrogens is 2. The minimum atomic E-state index is -3.77. The Labute approximate surface area is 165 Å². The minimum absolute atomic E-state index is 0.175. The van der Waals surface area contributed by atoms with Gasteiger partial charge in [0.05, 0.1) is 11.1 Å². The fraction of sp³-hybridized carbons (Fsp3) is 0.200. The zero-order valence-corrected chi connectivity index (χ0v) is 17.1. The Morgan fingerprint density at radius 3 is 2.00 bits per heavy atom. The van der Waals surface area contributed by atoms with Crippen LogP contribution in [-0.4, -0.2) is 46.6 Å². The fourth-order valence-corrected chi connectivity index (χ4v) is 3.70. The summed E-state index contributed by atoms with van der Waals surface area (Å²) in [4.78, 5) is 12.3. The molecule has 0 aliphatic rings. The summed E-state index contributed by atoms with van der Waals surface area (Å²) in [6, 6.07) is 16.6. The number of hydrogen-bond acceptors (Lipinski definition) is 6. The van der Waals surface area contributed by atoms with Gasteiger partial charge in [-0.2, -0.15) is 4.98 Å². The van der Waals surface area contributed by atoms with Crippen LogP contribution in [0.5, 0.6) is 0 Å². The average molecular weight is 398 g/mol. The predicted octanol–water partition coefficient (Wildman–Crippen LogP) is 3.08. The van der Waals surface area contributed by atoms with Gasteiger partial charge >= 0.3 is 0 Å². The van der Waals surface area contributed by atoms with Crippen molar-refractivity contribution in [2.75, 3.05) is 42.7 Å². The van der Waals surface area contributed by atoms with Crippen molar-refractivity contribution >= 4 is 27.5 Å². The van der Waals surface area contributed by atoms with E-state index >= 15 is 0 Å². The fourth-order valence-electron chi connectivity index (χ4n) is 2.65. The van der Waals surface area contributed by atoms with Crippen molar-refractivity contribution in [3.05, 3.63) is 60.8 Å². The van der Waals surface area contributed by atoms with E-state index in [2.05, 4.69) is 14.7 Å². The maximum atomic E-state index is 12.8. The lowest BCUT2D eigenvalue weighted by atomic mass is 10.1. The largest absolute Gasteiger partial charge is 0.361 e. The molecule has 0 saturated carbocycles. The molecule has 1 aromatic heterocycles. The first kappa shape index (κ1) is 19.6. The number of nitrogens with zero attached hydrogens (tertiary/aromatic N) is 4. The molecule has 0 atom stereocenters. The molecule has 7 nitrogen and oxygen atoms in total. The van der Waals surface area contributed by atoms with E-state index < -0.39 is 10.0 Å². The lowest BCUT2D eigenvalue weighted by Gasteiger charge is -2.19. The first-order valence-corrected chi connectivity index (χ1v) is 10.2. The van der Waals surface area contributed by atoms with E-state index in [9.17, 15) is 8.42 Å². The minimum Gasteiger partial charge on any atom is -0.361 e. The van der Waals surface area contributed by atoms with Gasteiger partial charge in [-0.15, -0.1) is 0 Å². The van der Waals surface area contributed by atoms with E-state index in [1.165, 1.54) is 6.20 Å². The number of anilines is 3. The summed E-state index contributed by atoms with van der Waals surface area (Å²) in [7, 11) is 3.48. The summed E-state index contributed by atoms with van der Waals surface area (Å²) >= 11 is 0. The molecule has 3 rings (SSSR count). The maximum absolute atomic E-state index is 12.8. The van der Waals surface area contributed by atoms with Crippen LogP contribution in [0.4, 0.5) is 17.5 Å². The van der Waals surface area contributed by atoms with Gasteiger partial charge < -0.3 is 9.80 Å². The second-order valence-corrected chi connectivity index (χ2v) is 8.37. The van der Waals surface area contributed by atoms with Crippen LogP contribution in [0.2, 0.25) is 0 Å². The molecular weight excluding hydrogens is 374 g/mol. The number of hydrogen-bond donors (Lipinski definition) is 1. The zero-order valence-electron chi connectivity index (χ0n) is 16.3. The summed E-state index contributed by atoms with van der Waals surface area (Å²) in [5.74, 6) is 0.988. The van der Waals surface area contributed by atoms with Gasteiger partial charge in [-0.3, -0.25) is 4.72 Å². The molecule has 0 bridgehead atoms. The molecule has 146 valence electrons. The molecule has 3 aromatic rings. The summed E-state index contributed by atoms with van der Waals surface area (Å²) in [6.45, 7) is 0. The molecule has 0 unspecified atom stereocenters. The zero-order chi connectivity index (χ0) is 20.3. The van der Waals surface area contributed by atoms with Gasteiger partial charge in [0, 0.05) is 28.2 Å². The molecule has 0 saturated heterocycles. The van der Waals surface area contributed by atoms with Crippen LogP contribution < -0.4 is 14.5 Å². The van der Waals surface area contributed by atoms with Crippen molar-refractivity contribution in [2.24, 2.45) is 0 Å². The number of nitrogens with one attached hydrogen (secondary N) is 1. The van der Waals surface area contributed by atoms with Crippen molar-refractivity contribution in [3.63, 3.8) is 0 Å². The SMILES string of the molecule is CN(C)c1ncc(NS(=O)(=O)c2ccc(-c3ccccc3)cc2)c(N(C)C)n1. The number of benzene rings is 2. The van der Waals surface area contributed by atoms with Crippen molar-refractivity contribution < 1.29 is 8.42 Å². The second-order valence-electron chi connectivity index (χ2n) is 6.69. The predicted molar refractivity (Wildman–Crippen MR) is 113 cm³/mol. The quantitative estimate of drug-likeness (QED) is 0.689. The van der Waals surface area contributed by atoms with Gasteiger partial charge in [0.25, 0.3) is 10.0 Å². The Hall–Kier alpha value is -3.13. The van der Waals surface area contributed by atoms with Gasteiger partial charge in [0.1, 0.15) is 5.69 Å². The van der Waals surface area contributed by atoms with Crippen LogP contribution in [0, 0.1) is 0 Å². The lowest BCUT2D eigenvalue weighted by Crippen LogP contribution is -2.21. The van der Waals surface area contributed by atoms with Gasteiger partial charge in [0.2, 0.25) is 5.95 Å². The highest BCUT2D eigenvalue weighted by Gasteiger charge is 2.19. The number of sulfonamides is 1. The third-order valence-corrected chi connectivity index (χ3v) is 5.48. The topological polar surface area (TPSA) is 78.4 Å². The Kier molecular flexibility index (Phi) is 5.51. The van der Waals surface area contributed by atoms with Gasteiger partial charge in [-0.1, -0.05) is 42.5 Å². The Morgan fingerprint density at radius 1 is 0.821 bits per heavy atom. The number of rotatable bonds is 6. The highest BCUT2D eigenvalue weighted by Crippen LogP contribution is 2.27. The first-order chi connectivity index (χ1) is 13.3. The van der Waals surface area contributed by atoms with Crippen LogP contribution in [0.25, 0.3) is 11.1 Å².